The Hall–Kier alpha value is -0.420. The number of hydrogen-bond acceptors (Lipinski definition) is 2. The van der Waals surface area contributed by atoms with Gasteiger partial charge in [-0.1, -0.05) is 50.9 Å². The molecule has 0 aliphatic heterocycles. The van der Waals surface area contributed by atoms with Crippen LogP contribution in [0.25, 0.3) is 0 Å². The third-order valence-corrected chi connectivity index (χ3v) is 5.28. The monoisotopic (exact) mass is 333 g/mol. The molecular formula is C10H9Br2NO2. The van der Waals surface area contributed by atoms with E-state index in [0.717, 1.165) is 12.0 Å². The van der Waals surface area contributed by atoms with E-state index in [4.69, 9.17) is 0 Å². The zero-order valence-corrected chi connectivity index (χ0v) is 11.2. The average molecular weight is 335 g/mol. The van der Waals surface area contributed by atoms with Crippen molar-refractivity contribution in [1.82, 2.24) is 0 Å². The first-order chi connectivity index (χ1) is 6.87. The molecule has 0 bridgehead atoms. The summed E-state index contributed by atoms with van der Waals surface area (Å²) in [6, 6.07) is 6.74. The van der Waals surface area contributed by atoms with Gasteiger partial charge in [0.1, 0.15) is 0 Å². The quantitative estimate of drug-likeness (QED) is 0.469. The second-order valence-corrected chi connectivity index (χ2v) is 7.79. The molecule has 1 aromatic rings. The third-order valence-electron chi connectivity index (χ3n) is 2.97. The summed E-state index contributed by atoms with van der Waals surface area (Å²) in [5, 5.41) is 10.5. The van der Waals surface area contributed by atoms with Gasteiger partial charge < -0.3 is 0 Å². The van der Waals surface area contributed by atoms with E-state index < -0.39 is 0 Å². The summed E-state index contributed by atoms with van der Waals surface area (Å²) in [5.41, 5.74) is 1.28. The molecule has 1 fully saturated rings. The van der Waals surface area contributed by atoms with Gasteiger partial charge >= 0.3 is 0 Å². The van der Waals surface area contributed by atoms with Gasteiger partial charge in [-0.25, -0.2) is 0 Å². The molecular weight excluding hydrogens is 326 g/mol. The first-order valence-corrected chi connectivity index (χ1v) is 6.08. The second kappa shape index (κ2) is 3.28. The molecule has 1 aliphatic rings. The molecule has 80 valence electrons. The van der Waals surface area contributed by atoms with Crippen molar-refractivity contribution in [2.75, 3.05) is 0 Å². The Morgan fingerprint density at radius 3 is 2.13 bits per heavy atom. The van der Waals surface area contributed by atoms with Crippen LogP contribution in [0.5, 0.6) is 0 Å². The molecule has 0 heterocycles. The zero-order chi connectivity index (χ0) is 11.3. The number of halogens is 2. The van der Waals surface area contributed by atoms with Gasteiger partial charge in [0.25, 0.3) is 5.69 Å². The summed E-state index contributed by atoms with van der Waals surface area (Å²) in [6.45, 7) is 2.12. The van der Waals surface area contributed by atoms with Crippen LogP contribution in [0.2, 0.25) is 0 Å². The van der Waals surface area contributed by atoms with Crippen LogP contribution in [-0.4, -0.2) is 8.16 Å². The first-order valence-electron chi connectivity index (χ1n) is 4.50. The van der Waals surface area contributed by atoms with E-state index in [1.165, 1.54) is 0 Å². The summed E-state index contributed by atoms with van der Waals surface area (Å²) in [7, 11) is 0. The maximum atomic E-state index is 10.5. The molecule has 15 heavy (non-hydrogen) atoms. The van der Waals surface area contributed by atoms with Gasteiger partial charge in [0, 0.05) is 17.5 Å². The van der Waals surface area contributed by atoms with Crippen LogP contribution in [-0.2, 0) is 5.41 Å². The summed E-state index contributed by atoms with van der Waals surface area (Å²) >= 11 is 7.15. The SMILES string of the molecule is CC1(c2ccc([N+](=O)[O-])cc2)CC1(Br)Br. The van der Waals surface area contributed by atoms with Crippen molar-refractivity contribution in [2.45, 2.75) is 22.0 Å². The predicted molar refractivity (Wildman–Crippen MR) is 65.7 cm³/mol. The maximum absolute atomic E-state index is 10.5. The Morgan fingerprint density at radius 2 is 1.80 bits per heavy atom. The molecule has 1 aromatic carbocycles. The topological polar surface area (TPSA) is 43.1 Å². The minimum absolute atomic E-state index is 0.0299. The molecule has 0 amide bonds. The number of benzene rings is 1. The van der Waals surface area contributed by atoms with Gasteiger partial charge in [0.2, 0.25) is 0 Å². The van der Waals surface area contributed by atoms with Gasteiger partial charge in [-0.3, -0.25) is 10.1 Å². The van der Waals surface area contributed by atoms with Crippen molar-refractivity contribution in [3.05, 3.63) is 39.9 Å². The molecule has 2 rings (SSSR count). The minimum atomic E-state index is -0.380. The summed E-state index contributed by atoms with van der Waals surface area (Å²) in [6.07, 6.45) is 0.984. The van der Waals surface area contributed by atoms with E-state index in [1.54, 1.807) is 12.1 Å². The third kappa shape index (κ3) is 1.72. The van der Waals surface area contributed by atoms with E-state index in [-0.39, 0.29) is 19.3 Å². The van der Waals surface area contributed by atoms with Crippen LogP contribution in [0, 0.1) is 10.1 Å². The van der Waals surface area contributed by atoms with Crippen molar-refractivity contribution in [3.63, 3.8) is 0 Å². The first kappa shape index (κ1) is 11.1. The van der Waals surface area contributed by atoms with Crippen molar-refractivity contribution >= 4 is 37.5 Å². The van der Waals surface area contributed by atoms with E-state index >= 15 is 0 Å². The van der Waals surface area contributed by atoms with E-state index in [9.17, 15) is 10.1 Å². The highest BCUT2D eigenvalue weighted by Crippen LogP contribution is 2.66. The van der Waals surface area contributed by atoms with Crippen molar-refractivity contribution in [3.8, 4) is 0 Å². The lowest BCUT2D eigenvalue weighted by molar-refractivity contribution is -0.384. The zero-order valence-electron chi connectivity index (χ0n) is 8.04. The maximum Gasteiger partial charge on any atom is 0.269 e. The summed E-state index contributed by atoms with van der Waals surface area (Å²) in [5.74, 6) is 0. The second-order valence-electron chi connectivity index (χ2n) is 4.02. The van der Waals surface area contributed by atoms with Gasteiger partial charge in [0.15, 0.2) is 0 Å². The minimum Gasteiger partial charge on any atom is -0.258 e. The number of nitro groups is 1. The highest BCUT2D eigenvalue weighted by Gasteiger charge is 2.62. The Bertz CT molecular complexity index is 416. The number of non-ortho nitro benzene ring substituents is 1. The molecule has 1 atom stereocenters. The molecule has 0 spiro atoms. The van der Waals surface area contributed by atoms with Crippen molar-refractivity contribution in [2.24, 2.45) is 0 Å². The predicted octanol–water partition coefficient (Wildman–Crippen LogP) is 3.74. The molecule has 0 saturated heterocycles. The highest BCUT2D eigenvalue weighted by atomic mass is 79.9. The average Bonchev–Trinajstić information content (AvgIpc) is 2.67. The van der Waals surface area contributed by atoms with Crippen LogP contribution in [0.1, 0.15) is 18.9 Å². The molecule has 0 aromatic heterocycles. The fourth-order valence-electron chi connectivity index (χ4n) is 1.66. The van der Waals surface area contributed by atoms with E-state index in [2.05, 4.69) is 38.8 Å². The fourth-order valence-corrected chi connectivity index (χ4v) is 3.24. The number of alkyl halides is 2. The van der Waals surface area contributed by atoms with E-state index in [0.29, 0.717) is 0 Å². The molecule has 3 nitrogen and oxygen atoms in total. The highest BCUT2D eigenvalue weighted by molar-refractivity contribution is 9.25. The van der Waals surface area contributed by atoms with Gasteiger partial charge in [-0.05, 0) is 12.0 Å². The number of rotatable bonds is 2. The van der Waals surface area contributed by atoms with Crippen molar-refractivity contribution < 1.29 is 4.92 Å². The normalized spacial score (nSPS) is 27.4. The lowest BCUT2D eigenvalue weighted by Crippen LogP contribution is -2.08. The Labute approximate surface area is 104 Å². The summed E-state index contributed by atoms with van der Waals surface area (Å²) < 4.78 is -0.0524. The largest absolute Gasteiger partial charge is 0.269 e. The molecule has 0 N–H and O–H groups in total. The molecule has 5 heteroatoms. The summed E-state index contributed by atoms with van der Waals surface area (Å²) in [4.78, 5) is 10.1. The Balaban J connectivity index is 2.30. The molecule has 1 unspecified atom stereocenters. The smallest absolute Gasteiger partial charge is 0.258 e. The van der Waals surface area contributed by atoms with Crippen LogP contribution in [0.4, 0.5) is 5.69 Å². The van der Waals surface area contributed by atoms with Crippen LogP contribution in [0.3, 0.4) is 0 Å². The lowest BCUT2D eigenvalue weighted by Gasteiger charge is -2.12. The van der Waals surface area contributed by atoms with Gasteiger partial charge in [-0.15, -0.1) is 0 Å². The van der Waals surface area contributed by atoms with Gasteiger partial charge in [-0.2, -0.15) is 0 Å². The number of nitrogens with zero attached hydrogens (tertiary/aromatic N) is 1. The van der Waals surface area contributed by atoms with Crippen LogP contribution in [0.15, 0.2) is 24.3 Å². The molecule has 1 saturated carbocycles. The Kier molecular flexibility index (Phi) is 2.43. The van der Waals surface area contributed by atoms with Crippen molar-refractivity contribution in [1.29, 1.82) is 0 Å². The Morgan fingerprint density at radius 1 is 1.33 bits per heavy atom. The number of hydrogen-bond donors (Lipinski definition) is 0. The van der Waals surface area contributed by atoms with E-state index in [1.807, 2.05) is 12.1 Å². The van der Waals surface area contributed by atoms with Crippen LogP contribution >= 0.6 is 31.9 Å². The fraction of sp³-hybridized carbons (Fsp3) is 0.400. The molecule has 0 radical (unpaired) electrons. The lowest BCUT2D eigenvalue weighted by atomic mass is 9.98. The van der Waals surface area contributed by atoms with Gasteiger partial charge in [0.05, 0.1) is 8.16 Å². The van der Waals surface area contributed by atoms with Crippen LogP contribution < -0.4 is 0 Å². The number of nitro benzene ring substituents is 1. The standard InChI is InChI=1S/C10H9Br2NO2/c1-9(6-10(9,11)12)7-2-4-8(5-3-7)13(14)15/h2-5H,6H2,1H3. The molecule has 1 aliphatic carbocycles.